The van der Waals surface area contributed by atoms with Crippen LogP contribution in [0.1, 0.15) is 25.0 Å². The van der Waals surface area contributed by atoms with E-state index in [2.05, 4.69) is 0 Å². The number of benzene rings is 1. The molecule has 0 saturated heterocycles. The third-order valence-electron chi connectivity index (χ3n) is 3.21. The van der Waals surface area contributed by atoms with Gasteiger partial charge in [-0.15, -0.1) is 0 Å². The second kappa shape index (κ2) is 6.26. The minimum atomic E-state index is -3.53. The van der Waals surface area contributed by atoms with Gasteiger partial charge in [-0.05, 0) is 24.5 Å². The first kappa shape index (κ1) is 16.5. The Hall–Kier alpha value is -1.56. The van der Waals surface area contributed by atoms with Crippen LogP contribution in [0.5, 0.6) is 0 Å². The Morgan fingerprint density at radius 1 is 1.40 bits per heavy atom. The lowest BCUT2D eigenvalue weighted by Crippen LogP contribution is -2.37. The Bertz CT molecular complexity index is 595. The number of anilines is 1. The number of carbonyl (C=O) groups is 1. The number of hydrogen-bond acceptors (Lipinski definition) is 3. The Kier molecular flexibility index (Phi) is 5.16. The van der Waals surface area contributed by atoms with Crippen LogP contribution in [0.3, 0.4) is 0 Å². The third kappa shape index (κ3) is 3.72. The fourth-order valence-corrected chi connectivity index (χ4v) is 3.17. The minimum absolute atomic E-state index is 0.0635. The highest BCUT2D eigenvalue weighted by Gasteiger charge is 2.26. The number of sulfonamides is 1. The summed E-state index contributed by atoms with van der Waals surface area (Å²) in [7, 11) is -3.53. The molecule has 1 aromatic rings. The van der Waals surface area contributed by atoms with Crippen LogP contribution in [0.25, 0.3) is 0 Å². The Labute approximate surface area is 120 Å². The summed E-state index contributed by atoms with van der Waals surface area (Å²) in [5.74, 6) is -1.78. The quantitative estimate of drug-likeness (QED) is 0.872. The second-order valence-electron chi connectivity index (χ2n) is 4.97. The fourth-order valence-electron chi connectivity index (χ4n) is 2.08. The largest absolute Gasteiger partial charge is 0.481 e. The number of carboxylic acids is 1. The number of carboxylic acid groups (broad SMARTS) is 1. The zero-order valence-electron chi connectivity index (χ0n) is 12.3. The van der Waals surface area contributed by atoms with Gasteiger partial charge in [-0.3, -0.25) is 9.10 Å². The van der Waals surface area contributed by atoms with Crippen LogP contribution in [0.2, 0.25) is 0 Å². The van der Waals surface area contributed by atoms with Crippen LogP contribution in [0, 0.1) is 12.8 Å². The number of para-hydroxylation sites is 1. The SMILES string of the molecule is CCc1cccc(C)c1N(CC(C)C(=O)O)S(C)(=O)=O. The molecule has 0 aliphatic rings. The zero-order chi connectivity index (χ0) is 15.5. The average molecular weight is 299 g/mol. The molecule has 0 aliphatic carbocycles. The van der Waals surface area contributed by atoms with Crippen molar-refractivity contribution in [2.24, 2.45) is 5.92 Å². The lowest BCUT2D eigenvalue weighted by atomic mass is 10.0. The summed E-state index contributed by atoms with van der Waals surface area (Å²) in [6.45, 7) is 5.22. The van der Waals surface area contributed by atoms with Gasteiger partial charge in [0.25, 0.3) is 0 Å². The van der Waals surface area contributed by atoms with Gasteiger partial charge >= 0.3 is 5.97 Å². The lowest BCUT2D eigenvalue weighted by Gasteiger charge is -2.28. The van der Waals surface area contributed by atoms with Crippen molar-refractivity contribution < 1.29 is 18.3 Å². The molecule has 0 amide bonds. The van der Waals surface area contributed by atoms with Gasteiger partial charge in [0, 0.05) is 6.54 Å². The van der Waals surface area contributed by atoms with Crippen molar-refractivity contribution in [3.05, 3.63) is 29.3 Å². The molecule has 0 heterocycles. The summed E-state index contributed by atoms with van der Waals surface area (Å²) in [4.78, 5) is 11.0. The standard InChI is InChI=1S/C14H21NO4S/c1-5-12-8-6-7-10(2)13(12)15(20(4,18)19)9-11(3)14(16)17/h6-8,11H,5,9H2,1-4H3,(H,16,17). The van der Waals surface area contributed by atoms with Crippen molar-refractivity contribution in [3.8, 4) is 0 Å². The van der Waals surface area contributed by atoms with Crippen LogP contribution in [-0.2, 0) is 21.2 Å². The molecule has 0 aliphatic heterocycles. The van der Waals surface area contributed by atoms with Crippen molar-refractivity contribution >= 4 is 21.7 Å². The lowest BCUT2D eigenvalue weighted by molar-refractivity contribution is -0.140. The van der Waals surface area contributed by atoms with Gasteiger partial charge in [-0.2, -0.15) is 0 Å². The van der Waals surface area contributed by atoms with Gasteiger partial charge in [0.05, 0.1) is 17.9 Å². The Morgan fingerprint density at radius 2 is 2.00 bits per heavy atom. The molecule has 0 fully saturated rings. The summed E-state index contributed by atoms with van der Waals surface area (Å²) in [5.41, 5.74) is 2.32. The first-order chi connectivity index (χ1) is 9.18. The van der Waals surface area contributed by atoms with Gasteiger partial charge in [-0.25, -0.2) is 8.42 Å². The molecular weight excluding hydrogens is 278 g/mol. The summed E-state index contributed by atoms with van der Waals surface area (Å²) in [5, 5.41) is 9.02. The maximum atomic E-state index is 12.0. The second-order valence-corrected chi connectivity index (χ2v) is 6.88. The van der Waals surface area contributed by atoms with Crippen LogP contribution in [-0.4, -0.2) is 32.3 Å². The van der Waals surface area contributed by atoms with Crippen LogP contribution in [0.15, 0.2) is 18.2 Å². The first-order valence-corrected chi connectivity index (χ1v) is 8.32. The summed E-state index contributed by atoms with van der Waals surface area (Å²) in [6, 6.07) is 5.57. The fraction of sp³-hybridized carbons (Fsp3) is 0.500. The molecule has 1 rings (SSSR count). The average Bonchev–Trinajstić information content (AvgIpc) is 2.34. The van der Waals surface area contributed by atoms with E-state index in [4.69, 9.17) is 5.11 Å². The van der Waals surface area contributed by atoms with Crippen molar-refractivity contribution in [2.45, 2.75) is 27.2 Å². The molecule has 0 radical (unpaired) electrons. The number of aryl methyl sites for hydroxylation is 2. The molecule has 0 saturated carbocycles. The van der Waals surface area contributed by atoms with E-state index in [9.17, 15) is 13.2 Å². The molecule has 112 valence electrons. The molecule has 1 aromatic carbocycles. The summed E-state index contributed by atoms with van der Waals surface area (Å²) < 4.78 is 25.3. The van der Waals surface area contributed by atoms with E-state index in [0.29, 0.717) is 12.1 Å². The predicted octanol–water partition coefficient (Wildman–Crippen LogP) is 2.04. The third-order valence-corrected chi connectivity index (χ3v) is 4.35. The monoisotopic (exact) mass is 299 g/mol. The maximum Gasteiger partial charge on any atom is 0.308 e. The topological polar surface area (TPSA) is 74.7 Å². The molecular formula is C14H21NO4S. The maximum absolute atomic E-state index is 12.0. The molecule has 1 unspecified atom stereocenters. The zero-order valence-corrected chi connectivity index (χ0v) is 13.1. The smallest absolute Gasteiger partial charge is 0.308 e. The van der Waals surface area contributed by atoms with Gasteiger partial charge in [0.15, 0.2) is 0 Å². The van der Waals surface area contributed by atoms with Crippen LogP contribution < -0.4 is 4.31 Å². The van der Waals surface area contributed by atoms with Crippen LogP contribution in [0.4, 0.5) is 5.69 Å². The van der Waals surface area contributed by atoms with E-state index in [0.717, 1.165) is 17.4 Å². The molecule has 0 aromatic heterocycles. The van der Waals surface area contributed by atoms with E-state index in [1.165, 1.54) is 11.2 Å². The predicted molar refractivity (Wildman–Crippen MR) is 79.5 cm³/mol. The van der Waals surface area contributed by atoms with Crippen molar-refractivity contribution in [2.75, 3.05) is 17.1 Å². The molecule has 6 heteroatoms. The molecule has 20 heavy (non-hydrogen) atoms. The highest BCUT2D eigenvalue weighted by Crippen LogP contribution is 2.28. The van der Waals surface area contributed by atoms with Gasteiger partial charge in [-0.1, -0.05) is 32.0 Å². The summed E-state index contributed by atoms with van der Waals surface area (Å²) in [6.07, 6.45) is 1.79. The Morgan fingerprint density at radius 3 is 2.45 bits per heavy atom. The van der Waals surface area contributed by atoms with Crippen molar-refractivity contribution in [3.63, 3.8) is 0 Å². The van der Waals surface area contributed by atoms with E-state index in [1.807, 2.05) is 32.0 Å². The number of rotatable bonds is 6. The normalized spacial score (nSPS) is 13.0. The van der Waals surface area contributed by atoms with Crippen LogP contribution >= 0.6 is 0 Å². The molecule has 0 bridgehead atoms. The van der Waals surface area contributed by atoms with E-state index >= 15 is 0 Å². The van der Waals surface area contributed by atoms with Crippen molar-refractivity contribution in [1.29, 1.82) is 0 Å². The minimum Gasteiger partial charge on any atom is -0.481 e. The van der Waals surface area contributed by atoms with Crippen molar-refractivity contribution in [1.82, 2.24) is 0 Å². The highest BCUT2D eigenvalue weighted by atomic mass is 32.2. The summed E-state index contributed by atoms with van der Waals surface area (Å²) >= 11 is 0. The molecule has 0 spiro atoms. The first-order valence-electron chi connectivity index (χ1n) is 6.47. The molecule has 1 N–H and O–H groups in total. The van der Waals surface area contributed by atoms with E-state index in [1.54, 1.807) is 0 Å². The Balaban J connectivity index is 3.36. The van der Waals surface area contributed by atoms with Gasteiger partial charge in [0.1, 0.15) is 0 Å². The number of aliphatic carboxylic acids is 1. The van der Waals surface area contributed by atoms with E-state index in [-0.39, 0.29) is 6.54 Å². The number of nitrogens with zero attached hydrogens (tertiary/aromatic N) is 1. The van der Waals surface area contributed by atoms with Gasteiger partial charge in [0.2, 0.25) is 10.0 Å². The van der Waals surface area contributed by atoms with E-state index < -0.39 is 21.9 Å². The molecule has 5 nitrogen and oxygen atoms in total. The number of hydrogen-bond donors (Lipinski definition) is 1. The van der Waals surface area contributed by atoms with Gasteiger partial charge < -0.3 is 5.11 Å². The highest BCUT2D eigenvalue weighted by molar-refractivity contribution is 7.92. The molecule has 1 atom stereocenters.